The molecule has 1 amide bonds. The molecular formula is C26H31FN2O5S. The summed E-state index contributed by atoms with van der Waals surface area (Å²) >= 11 is 0. The molecule has 0 saturated carbocycles. The van der Waals surface area contributed by atoms with Crippen molar-refractivity contribution in [1.29, 1.82) is 0 Å². The minimum atomic E-state index is -3.61. The molecule has 0 radical (unpaired) electrons. The number of ether oxygens (including phenoxy) is 2. The lowest BCUT2D eigenvalue weighted by molar-refractivity contribution is -0.128. The van der Waals surface area contributed by atoms with Crippen molar-refractivity contribution in [1.82, 2.24) is 9.62 Å². The summed E-state index contributed by atoms with van der Waals surface area (Å²) in [5.74, 6) is 0.395. The van der Waals surface area contributed by atoms with Crippen molar-refractivity contribution in [3.05, 3.63) is 64.5 Å². The lowest BCUT2D eigenvalue weighted by Crippen LogP contribution is -2.47. The highest BCUT2D eigenvalue weighted by Gasteiger charge is 2.33. The Balaban J connectivity index is 1.63. The summed E-state index contributed by atoms with van der Waals surface area (Å²) in [5, 5.41) is 0. The molecule has 0 unspecified atom stereocenters. The van der Waals surface area contributed by atoms with Gasteiger partial charge < -0.3 is 14.4 Å². The van der Waals surface area contributed by atoms with E-state index in [1.807, 2.05) is 18.2 Å². The molecule has 2 heterocycles. The predicted molar refractivity (Wildman–Crippen MR) is 132 cm³/mol. The number of piperidine rings is 1. The van der Waals surface area contributed by atoms with Crippen LogP contribution in [-0.4, -0.2) is 52.2 Å². The van der Waals surface area contributed by atoms with Crippen LogP contribution in [0, 0.1) is 11.2 Å². The van der Waals surface area contributed by atoms with E-state index in [1.54, 1.807) is 27.0 Å². The van der Waals surface area contributed by atoms with E-state index < -0.39 is 21.3 Å². The largest absolute Gasteiger partial charge is 0.497 e. The first-order valence-corrected chi connectivity index (χ1v) is 13.4. The summed E-state index contributed by atoms with van der Waals surface area (Å²) in [4.78, 5) is 14.7. The molecule has 7 nitrogen and oxygen atoms in total. The zero-order chi connectivity index (χ0) is 25.4. The molecule has 188 valence electrons. The Morgan fingerprint density at radius 2 is 1.83 bits per heavy atom. The van der Waals surface area contributed by atoms with Gasteiger partial charge in [0.05, 0.1) is 18.8 Å². The van der Waals surface area contributed by atoms with Crippen LogP contribution in [-0.2, 0) is 21.4 Å². The van der Waals surface area contributed by atoms with Gasteiger partial charge in [-0.15, -0.1) is 0 Å². The number of amides is 1. The summed E-state index contributed by atoms with van der Waals surface area (Å²) in [6, 6.07) is 10.6. The first kappa shape index (κ1) is 25.2. The third kappa shape index (κ3) is 5.67. The molecule has 0 atom stereocenters. The Hall–Kier alpha value is -2.91. The maximum atomic E-state index is 14.0. The van der Waals surface area contributed by atoms with Gasteiger partial charge in [0.25, 0.3) is 0 Å². The van der Waals surface area contributed by atoms with Crippen LogP contribution >= 0.6 is 0 Å². The zero-order valence-electron chi connectivity index (χ0n) is 20.5. The van der Waals surface area contributed by atoms with Gasteiger partial charge in [-0.25, -0.2) is 12.8 Å². The first-order chi connectivity index (χ1) is 16.5. The number of carbonyl (C=O) groups is 1. The lowest BCUT2D eigenvalue weighted by Gasteiger charge is -2.35. The van der Waals surface area contributed by atoms with Crippen LogP contribution in [0.15, 0.2) is 42.0 Å². The zero-order valence-corrected chi connectivity index (χ0v) is 21.3. The van der Waals surface area contributed by atoms with E-state index in [4.69, 9.17) is 9.47 Å². The normalized spacial score (nSPS) is 16.6. The molecule has 9 heteroatoms. The molecule has 1 saturated heterocycles. The van der Waals surface area contributed by atoms with Crippen molar-refractivity contribution in [2.45, 2.75) is 33.3 Å². The van der Waals surface area contributed by atoms with Gasteiger partial charge in [-0.1, -0.05) is 11.6 Å². The second kappa shape index (κ2) is 9.62. The monoisotopic (exact) mass is 502 g/mol. The van der Waals surface area contributed by atoms with E-state index in [0.29, 0.717) is 18.9 Å². The summed E-state index contributed by atoms with van der Waals surface area (Å²) in [6.45, 7) is 5.69. The fourth-order valence-corrected chi connectivity index (χ4v) is 5.35. The SMILES string of the molecule is COc1ccc2c(c1)COc1cc(F)ccc1C2=C1CCN(CC(C)(C)C(=O)NS(C)(=O)=O)CC1. The van der Waals surface area contributed by atoms with E-state index in [2.05, 4.69) is 9.62 Å². The van der Waals surface area contributed by atoms with Crippen LogP contribution in [0.4, 0.5) is 4.39 Å². The van der Waals surface area contributed by atoms with E-state index >= 15 is 0 Å². The molecule has 1 fully saturated rings. The minimum Gasteiger partial charge on any atom is -0.497 e. The Bertz CT molecular complexity index is 1280. The van der Waals surface area contributed by atoms with Gasteiger partial charge in [-0.2, -0.15) is 0 Å². The summed E-state index contributed by atoms with van der Waals surface area (Å²) in [6.07, 6.45) is 2.51. The van der Waals surface area contributed by atoms with E-state index in [9.17, 15) is 17.6 Å². The fourth-order valence-electron chi connectivity index (χ4n) is 4.73. The number of halogens is 1. The number of sulfonamides is 1. The fraction of sp³-hybridized carbons (Fsp3) is 0.423. The van der Waals surface area contributed by atoms with Crippen LogP contribution in [0.1, 0.15) is 43.4 Å². The molecule has 2 aliphatic rings. The van der Waals surface area contributed by atoms with Crippen molar-refractivity contribution in [3.8, 4) is 11.5 Å². The third-order valence-corrected chi connectivity index (χ3v) is 7.06. The highest BCUT2D eigenvalue weighted by atomic mass is 32.2. The highest BCUT2D eigenvalue weighted by molar-refractivity contribution is 7.89. The standard InChI is InChI=1S/C26H31FN2O5S/c1-26(2,25(30)28-35(4,31)32)16-29-11-9-17(10-12-29)24-21-8-6-20(33-3)13-18(21)15-34-23-14-19(27)5-7-22(23)24/h5-8,13-14H,9-12,15-16H2,1-4H3,(H,28,30). The number of benzene rings is 2. The quantitative estimate of drug-likeness (QED) is 0.671. The highest BCUT2D eigenvalue weighted by Crippen LogP contribution is 2.42. The molecule has 0 aromatic heterocycles. The summed E-state index contributed by atoms with van der Waals surface area (Å²) < 4.78 is 50.5. The van der Waals surface area contributed by atoms with Crippen LogP contribution in [0.2, 0.25) is 0 Å². The number of methoxy groups -OCH3 is 1. The second-order valence-corrected chi connectivity index (χ2v) is 11.5. The minimum absolute atomic E-state index is 0.315. The van der Waals surface area contributed by atoms with E-state index in [0.717, 1.165) is 60.2 Å². The van der Waals surface area contributed by atoms with Crippen LogP contribution < -0.4 is 14.2 Å². The van der Waals surface area contributed by atoms with Gasteiger partial charge in [0.15, 0.2) is 0 Å². The Labute approximate surface area is 206 Å². The van der Waals surface area contributed by atoms with Crippen molar-refractivity contribution >= 4 is 21.5 Å². The molecule has 2 aromatic carbocycles. The average Bonchev–Trinajstić information content (AvgIpc) is 2.94. The molecule has 0 spiro atoms. The molecular weight excluding hydrogens is 471 g/mol. The number of rotatable bonds is 5. The molecule has 2 aromatic rings. The summed E-state index contributed by atoms with van der Waals surface area (Å²) in [7, 11) is -1.99. The van der Waals surface area contributed by atoms with Crippen molar-refractivity contribution in [2.75, 3.05) is 33.0 Å². The first-order valence-electron chi connectivity index (χ1n) is 11.5. The summed E-state index contributed by atoms with van der Waals surface area (Å²) in [5.41, 5.74) is 4.33. The predicted octanol–water partition coefficient (Wildman–Crippen LogP) is 3.73. The molecule has 35 heavy (non-hydrogen) atoms. The van der Waals surface area contributed by atoms with E-state index in [1.165, 1.54) is 17.7 Å². The molecule has 0 bridgehead atoms. The Morgan fingerprint density at radius 1 is 1.14 bits per heavy atom. The van der Waals surface area contributed by atoms with Gasteiger partial charge in [-0.05, 0) is 62.1 Å². The molecule has 4 rings (SSSR count). The number of fused-ring (bicyclic) bond motifs is 2. The van der Waals surface area contributed by atoms with Crippen molar-refractivity contribution in [2.24, 2.45) is 5.41 Å². The van der Waals surface area contributed by atoms with Gasteiger partial charge >= 0.3 is 0 Å². The van der Waals surface area contributed by atoms with Crippen molar-refractivity contribution < 1.29 is 27.1 Å². The maximum Gasteiger partial charge on any atom is 0.240 e. The van der Waals surface area contributed by atoms with Crippen LogP contribution in [0.25, 0.3) is 5.57 Å². The number of carbonyl (C=O) groups excluding carboxylic acids is 1. The van der Waals surface area contributed by atoms with Gasteiger partial charge in [0, 0.05) is 36.8 Å². The Morgan fingerprint density at radius 3 is 2.49 bits per heavy atom. The van der Waals surface area contributed by atoms with Crippen molar-refractivity contribution in [3.63, 3.8) is 0 Å². The topological polar surface area (TPSA) is 84.9 Å². The van der Waals surface area contributed by atoms with Crippen LogP contribution in [0.3, 0.4) is 0 Å². The number of likely N-dealkylation sites (tertiary alicyclic amines) is 1. The van der Waals surface area contributed by atoms with Gasteiger partial charge in [0.2, 0.25) is 15.9 Å². The lowest BCUT2D eigenvalue weighted by atomic mass is 9.85. The molecule has 2 aliphatic heterocycles. The smallest absolute Gasteiger partial charge is 0.240 e. The maximum absolute atomic E-state index is 14.0. The number of hydrogen-bond donors (Lipinski definition) is 1. The van der Waals surface area contributed by atoms with Gasteiger partial charge in [0.1, 0.15) is 23.9 Å². The van der Waals surface area contributed by atoms with E-state index in [-0.39, 0.29) is 5.82 Å². The Kier molecular flexibility index (Phi) is 6.92. The average molecular weight is 503 g/mol. The third-order valence-electron chi connectivity index (χ3n) is 6.50. The molecule has 0 aliphatic carbocycles. The van der Waals surface area contributed by atoms with Gasteiger partial charge in [-0.3, -0.25) is 9.52 Å². The number of nitrogens with one attached hydrogen (secondary N) is 1. The molecule has 1 N–H and O–H groups in total. The number of nitrogens with zero attached hydrogens (tertiary/aromatic N) is 1. The second-order valence-electron chi connectivity index (χ2n) is 9.79. The van der Waals surface area contributed by atoms with Crippen LogP contribution in [0.5, 0.6) is 11.5 Å². The number of hydrogen-bond acceptors (Lipinski definition) is 6.